The van der Waals surface area contributed by atoms with Crippen molar-refractivity contribution in [2.24, 2.45) is 5.92 Å². The van der Waals surface area contributed by atoms with Crippen LogP contribution in [-0.2, 0) is 11.3 Å². The molecule has 0 radical (unpaired) electrons. The highest BCUT2D eigenvalue weighted by molar-refractivity contribution is 7.71. The van der Waals surface area contributed by atoms with Crippen LogP contribution in [-0.4, -0.2) is 22.8 Å². The van der Waals surface area contributed by atoms with E-state index in [1.807, 2.05) is 12.1 Å². The minimum Gasteiger partial charge on any atom is -0.381 e. The smallest absolute Gasteiger partial charge is 0.178 e. The average Bonchev–Trinajstić information content (AvgIpc) is 2.65. The van der Waals surface area contributed by atoms with Crippen molar-refractivity contribution >= 4 is 23.3 Å². The fourth-order valence-electron chi connectivity index (χ4n) is 1.97. The lowest BCUT2D eigenvalue weighted by molar-refractivity contribution is 0.105. The van der Waals surface area contributed by atoms with Crippen molar-refractivity contribution in [2.75, 3.05) is 13.2 Å². The molecule has 0 aliphatic heterocycles. The monoisotopic (exact) mass is 264 g/mol. The van der Waals surface area contributed by atoms with E-state index in [2.05, 4.69) is 35.5 Å². The van der Waals surface area contributed by atoms with E-state index in [4.69, 9.17) is 17.0 Å². The summed E-state index contributed by atoms with van der Waals surface area (Å²) >= 11 is 5.34. The summed E-state index contributed by atoms with van der Waals surface area (Å²) in [6.07, 6.45) is 0.989. The van der Waals surface area contributed by atoms with Crippen molar-refractivity contribution in [2.45, 2.75) is 26.8 Å². The first-order valence-electron chi connectivity index (χ1n) is 6.44. The van der Waals surface area contributed by atoms with E-state index >= 15 is 0 Å². The summed E-state index contributed by atoms with van der Waals surface area (Å²) in [5.41, 5.74) is 2.27. The normalized spacial score (nSPS) is 11.5. The highest BCUT2D eigenvalue weighted by Gasteiger charge is 2.03. The maximum absolute atomic E-state index is 5.59. The Labute approximate surface area is 113 Å². The maximum Gasteiger partial charge on any atom is 0.178 e. The fourth-order valence-corrected chi connectivity index (χ4v) is 2.27. The van der Waals surface area contributed by atoms with Gasteiger partial charge in [-0.15, -0.1) is 0 Å². The Balaban J connectivity index is 1.95. The van der Waals surface area contributed by atoms with E-state index in [1.165, 1.54) is 5.52 Å². The number of H-pyrrole nitrogens is 1. The van der Waals surface area contributed by atoms with Crippen LogP contribution in [0.3, 0.4) is 0 Å². The lowest BCUT2D eigenvalue weighted by Gasteiger charge is -2.07. The Morgan fingerprint density at radius 1 is 1.33 bits per heavy atom. The Morgan fingerprint density at radius 3 is 2.89 bits per heavy atom. The third-order valence-corrected chi connectivity index (χ3v) is 3.13. The van der Waals surface area contributed by atoms with Crippen molar-refractivity contribution in [3.63, 3.8) is 0 Å². The third kappa shape index (κ3) is 3.21. The van der Waals surface area contributed by atoms with Gasteiger partial charge in [-0.1, -0.05) is 26.0 Å². The molecule has 0 saturated carbocycles. The zero-order valence-corrected chi connectivity index (χ0v) is 11.8. The predicted octanol–water partition coefficient (Wildman–Crippen LogP) is 3.76. The van der Waals surface area contributed by atoms with Crippen molar-refractivity contribution in [3.05, 3.63) is 29.0 Å². The summed E-state index contributed by atoms with van der Waals surface area (Å²) in [5.74, 6) is 0.597. The predicted molar refractivity (Wildman–Crippen MR) is 77.4 cm³/mol. The first-order chi connectivity index (χ1) is 8.68. The molecule has 1 heterocycles. The number of fused-ring (bicyclic) bond motifs is 1. The van der Waals surface area contributed by atoms with Gasteiger partial charge in [0, 0.05) is 19.8 Å². The molecule has 0 atom stereocenters. The number of aryl methyl sites for hydroxylation is 1. The topological polar surface area (TPSA) is 29.9 Å². The van der Waals surface area contributed by atoms with Crippen LogP contribution in [0.15, 0.2) is 24.3 Å². The fraction of sp³-hybridized carbons (Fsp3) is 0.500. The summed E-state index contributed by atoms with van der Waals surface area (Å²) in [7, 11) is 0. The SMILES string of the molecule is CC(C)COCCCn1c(=S)[nH]c2ccccc21. The van der Waals surface area contributed by atoms with Crippen molar-refractivity contribution in [3.8, 4) is 0 Å². The Bertz CT molecular complexity index is 556. The minimum atomic E-state index is 0.597. The van der Waals surface area contributed by atoms with Gasteiger partial charge < -0.3 is 14.3 Å². The highest BCUT2D eigenvalue weighted by Crippen LogP contribution is 2.13. The molecule has 1 N–H and O–H groups in total. The van der Waals surface area contributed by atoms with Crippen LogP contribution in [0.2, 0.25) is 0 Å². The van der Waals surface area contributed by atoms with Gasteiger partial charge in [0.1, 0.15) is 0 Å². The van der Waals surface area contributed by atoms with E-state index < -0.39 is 0 Å². The quantitative estimate of drug-likeness (QED) is 0.636. The second kappa shape index (κ2) is 6.16. The second-order valence-corrected chi connectivity index (χ2v) is 5.31. The summed E-state index contributed by atoms with van der Waals surface area (Å²) in [4.78, 5) is 3.22. The Morgan fingerprint density at radius 2 is 2.11 bits per heavy atom. The molecular formula is C14H20N2OS. The van der Waals surface area contributed by atoms with Crippen LogP contribution in [0.4, 0.5) is 0 Å². The zero-order valence-electron chi connectivity index (χ0n) is 11.0. The first kappa shape index (κ1) is 13.3. The summed E-state index contributed by atoms with van der Waals surface area (Å²) in [6, 6.07) is 8.20. The van der Waals surface area contributed by atoms with Crippen LogP contribution in [0.5, 0.6) is 0 Å². The van der Waals surface area contributed by atoms with E-state index in [0.717, 1.165) is 36.5 Å². The van der Waals surface area contributed by atoms with Crippen LogP contribution >= 0.6 is 12.2 Å². The van der Waals surface area contributed by atoms with Crippen molar-refractivity contribution in [1.29, 1.82) is 0 Å². The zero-order chi connectivity index (χ0) is 13.0. The van der Waals surface area contributed by atoms with Gasteiger partial charge in [0.05, 0.1) is 11.0 Å². The molecule has 0 aliphatic carbocycles. The molecule has 3 nitrogen and oxygen atoms in total. The van der Waals surface area contributed by atoms with Crippen molar-refractivity contribution in [1.82, 2.24) is 9.55 Å². The van der Waals surface area contributed by atoms with Gasteiger partial charge in [-0.2, -0.15) is 0 Å². The molecule has 0 fully saturated rings. The van der Waals surface area contributed by atoms with Gasteiger partial charge in [0.15, 0.2) is 4.77 Å². The molecule has 2 rings (SSSR count). The number of hydrogen-bond acceptors (Lipinski definition) is 2. The van der Waals surface area contributed by atoms with Crippen LogP contribution in [0, 0.1) is 10.7 Å². The molecule has 0 spiro atoms. The number of para-hydroxylation sites is 2. The van der Waals surface area contributed by atoms with E-state index in [9.17, 15) is 0 Å². The van der Waals surface area contributed by atoms with Gasteiger partial charge in [-0.3, -0.25) is 0 Å². The van der Waals surface area contributed by atoms with E-state index in [-0.39, 0.29) is 0 Å². The Hall–Kier alpha value is -1.13. The molecule has 18 heavy (non-hydrogen) atoms. The summed E-state index contributed by atoms with van der Waals surface area (Å²) in [5, 5.41) is 0. The number of imidazole rings is 1. The van der Waals surface area contributed by atoms with E-state index in [1.54, 1.807) is 0 Å². The number of hydrogen-bond donors (Lipinski definition) is 1. The third-order valence-electron chi connectivity index (χ3n) is 2.80. The second-order valence-electron chi connectivity index (χ2n) is 4.92. The lowest BCUT2D eigenvalue weighted by atomic mass is 10.2. The van der Waals surface area contributed by atoms with Gasteiger partial charge >= 0.3 is 0 Å². The maximum atomic E-state index is 5.59. The molecule has 0 unspecified atom stereocenters. The van der Waals surface area contributed by atoms with Crippen molar-refractivity contribution < 1.29 is 4.74 Å². The number of ether oxygens (including phenoxy) is 1. The molecule has 1 aromatic heterocycles. The molecule has 2 aromatic rings. The lowest BCUT2D eigenvalue weighted by Crippen LogP contribution is -2.06. The van der Waals surface area contributed by atoms with Gasteiger partial charge in [0.25, 0.3) is 0 Å². The number of aromatic amines is 1. The van der Waals surface area contributed by atoms with Gasteiger partial charge in [0.2, 0.25) is 0 Å². The number of benzene rings is 1. The highest BCUT2D eigenvalue weighted by atomic mass is 32.1. The molecule has 98 valence electrons. The van der Waals surface area contributed by atoms with E-state index in [0.29, 0.717) is 5.92 Å². The van der Waals surface area contributed by atoms with Crippen LogP contribution in [0.1, 0.15) is 20.3 Å². The Kier molecular flexibility index (Phi) is 4.55. The molecule has 4 heteroatoms. The first-order valence-corrected chi connectivity index (χ1v) is 6.84. The largest absolute Gasteiger partial charge is 0.381 e. The molecule has 0 aliphatic rings. The van der Waals surface area contributed by atoms with Crippen LogP contribution < -0.4 is 0 Å². The summed E-state index contributed by atoms with van der Waals surface area (Å²) in [6.45, 7) is 6.85. The molecule has 1 aromatic carbocycles. The van der Waals surface area contributed by atoms with Crippen LogP contribution in [0.25, 0.3) is 11.0 Å². The molecular weight excluding hydrogens is 244 g/mol. The molecule has 0 bridgehead atoms. The van der Waals surface area contributed by atoms with Gasteiger partial charge in [-0.25, -0.2) is 0 Å². The summed E-state index contributed by atoms with van der Waals surface area (Å²) < 4.78 is 8.52. The molecule has 0 amide bonds. The van der Waals surface area contributed by atoms with Gasteiger partial charge in [-0.05, 0) is 36.7 Å². The standard InChI is InChI=1S/C14H20N2OS/c1-11(2)10-17-9-5-8-16-13-7-4-3-6-12(13)15-14(16)18/h3-4,6-7,11H,5,8-10H2,1-2H3,(H,15,18). The number of nitrogens with one attached hydrogen (secondary N) is 1. The number of aromatic nitrogens is 2. The molecule has 0 saturated heterocycles. The minimum absolute atomic E-state index is 0.597. The average molecular weight is 264 g/mol. The number of rotatable bonds is 6. The number of nitrogens with zero attached hydrogens (tertiary/aromatic N) is 1.